The quantitative estimate of drug-likeness (QED) is 0.927. The maximum Gasteiger partial charge on any atom is 0.263 e. The van der Waals surface area contributed by atoms with Crippen molar-refractivity contribution in [3.63, 3.8) is 0 Å². The van der Waals surface area contributed by atoms with Gasteiger partial charge in [-0.25, -0.2) is 4.98 Å². The van der Waals surface area contributed by atoms with E-state index in [-0.39, 0.29) is 5.91 Å². The second-order valence-corrected chi connectivity index (χ2v) is 7.23. The number of nitrogens with zero attached hydrogens (tertiary/aromatic N) is 1. The van der Waals surface area contributed by atoms with Crippen LogP contribution in [0.15, 0.2) is 18.2 Å². The molecule has 0 radical (unpaired) electrons. The van der Waals surface area contributed by atoms with E-state index in [4.69, 9.17) is 4.74 Å². The number of aromatic nitrogens is 1. The highest BCUT2D eigenvalue weighted by molar-refractivity contribution is 7.13. The molecule has 23 heavy (non-hydrogen) atoms. The van der Waals surface area contributed by atoms with Gasteiger partial charge in [0.15, 0.2) is 0 Å². The highest BCUT2D eigenvalue weighted by Crippen LogP contribution is 2.26. The van der Waals surface area contributed by atoms with Gasteiger partial charge in [-0.15, -0.1) is 11.3 Å². The first-order valence-electron chi connectivity index (χ1n) is 8.04. The molecule has 1 aromatic carbocycles. The van der Waals surface area contributed by atoms with Crippen molar-refractivity contribution < 1.29 is 9.53 Å². The van der Waals surface area contributed by atoms with Gasteiger partial charge in [0, 0.05) is 12.5 Å². The Kier molecular flexibility index (Phi) is 4.66. The summed E-state index contributed by atoms with van der Waals surface area (Å²) in [5.41, 5.74) is 3.16. The lowest BCUT2D eigenvalue weighted by molar-refractivity contribution is 0.0954. The zero-order valence-electron chi connectivity index (χ0n) is 13.8. The van der Waals surface area contributed by atoms with Gasteiger partial charge in [0.25, 0.3) is 5.91 Å². The van der Waals surface area contributed by atoms with Crippen LogP contribution >= 0.6 is 11.3 Å². The highest BCUT2D eigenvalue weighted by Gasteiger charge is 2.17. The van der Waals surface area contributed by atoms with Gasteiger partial charge in [-0.2, -0.15) is 0 Å². The van der Waals surface area contributed by atoms with Crippen LogP contribution in [0.5, 0.6) is 5.75 Å². The average Bonchev–Trinajstić information content (AvgIpc) is 2.94. The molecule has 1 aliphatic rings. The third kappa shape index (κ3) is 3.55. The van der Waals surface area contributed by atoms with Gasteiger partial charge in [0.05, 0.1) is 17.3 Å². The molecule has 0 unspecified atom stereocenters. The molecule has 0 saturated heterocycles. The summed E-state index contributed by atoms with van der Waals surface area (Å²) >= 11 is 1.49. The van der Waals surface area contributed by atoms with Crippen LogP contribution in [0.3, 0.4) is 0 Å². The molecule has 1 aliphatic heterocycles. The summed E-state index contributed by atoms with van der Waals surface area (Å²) in [6.07, 6.45) is 2.10. The predicted molar refractivity (Wildman–Crippen MR) is 92.4 cm³/mol. The molecule has 2 heterocycles. The van der Waals surface area contributed by atoms with E-state index < -0.39 is 0 Å². The molecule has 1 aromatic heterocycles. The molecule has 5 heteroatoms. The van der Waals surface area contributed by atoms with Crippen LogP contribution < -0.4 is 10.1 Å². The molecule has 0 bridgehead atoms. The molecule has 0 saturated carbocycles. The molecule has 1 amide bonds. The number of ether oxygens (including phenoxy) is 1. The van der Waals surface area contributed by atoms with Crippen LogP contribution in [-0.4, -0.2) is 17.5 Å². The van der Waals surface area contributed by atoms with Crippen molar-refractivity contribution in [2.24, 2.45) is 0 Å². The van der Waals surface area contributed by atoms with Crippen molar-refractivity contribution in [3.8, 4) is 5.75 Å². The number of thiazole rings is 1. The molecule has 0 atom stereocenters. The Morgan fingerprint density at radius 2 is 2.26 bits per heavy atom. The maximum atomic E-state index is 12.4. The number of aryl methyl sites for hydroxylation is 2. The van der Waals surface area contributed by atoms with Crippen LogP contribution in [-0.2, 0) is 13.0 Å². The van der Waals surface area contributed by atoms with E-state index in [1.807, 2.05) is 19.1 Å². The van der Waals surface area contributed by atoms with E-state index in [0.29, 0.717) is 12.5 Å². The van der Waals surface area contributed by atoms with E-state index in [2.05, 4.69) is 30.2 Å². The first-order chi connectivity index (χ1) is 11.0. The van der Waals surface area contributed by atoms with Crippen LogP contribution in [0.25, 0.3) is 0 Å². The molecule has 3 rings (SSSR count). The zero-order valence-corrected chi connectivity index (χ0v) is 14.6. The van der Waals surface area contributed by atoms with Gasteiger partial charge in [0.2, 0.25) is 0 Å². The number of amides is 1. The average molecular weight is 330 g/mol. The van der Waals surface area contributed by atoms with Crippen LogP contribution in [0, 0.1) is 6.92 Å². The molecule has 0 aliphatic carbocycles. The fraction of sp³-hybridized carbons (Fsp3) is 0.444. The second-order valence-electron chi connectivity index (χ2n) is 6.20. The van der Waals surface area contributed by atoms with E-state index in [1.165, 1.54) is 16.9 Å². The number of nitrogens with one attached hydrogen (secondary N) is 1. The molecule has 2 aromatic rings. The van der Waals surface area contributed by atoms with E-state index in [9.17, 15) is 4.79 Å². The Balaban J connectivity index is 1.67. The van der Waals surface area contributed by atoms with Crippen LogP contribution in [0.1, 0.15) is 57.7 Å². The predicted octanol–water partition coefficient (Wildman–Crippen LogP) is 3.83. The molecule has 4 nitrogen and oxygen atoms in total. The van der Waals surface area contributed by atoms with Gasteiger partial charge in [-0.3, -0.25) is 4.79 Å². The Morgan fingerprint density at radius 1 is 1.43 bits per heavy atom. The summed E-state index contributed by atoms with van der Waals surface area (Å²) in [7, 11) is 0. The Labute approximate surface area is 140 Å². The summed E-state index contributed by atoms with van der Waals surface area (Å²) in [6.45, 7) is 7.41. The minimum absolute atomic E-state index is 0.0409. The molecule has 0 fully saturated rings. The monoisotopic (exact) mass is 330 g/mol. The van der Waals surface area contributed by atoms with E-state index >= 15 is 0 Å². The second kappa shape index (κ2) is 6.71. The van der Waals surface area contributed by atoms with E-state index in [1.54, 1.807) is 0 Å². The van der Waals surface area contributed by atoms with E-state index in [0.717, 1.165) is 46.3 Å². The van der Waals surface area contributed by atoms with Gasteiger partial charge >= 0.3 is 0 Å². The number of fused-ring (bicyclic) bond motifs is 1. The summed E-state index contributed by atoms with van der Waals surface area (Å²) in [6, 6.07) is 6.15. The first-order valence-corrected chi connectivity index (χ1v) is 8.86. The summed E-state index contributed by atoms with van der Waals surface area (Å²) in [4.78, 5) is 17.6. The Hall–Kier alpha value is -1.88. The maximum absolute atomic E-state index is 12.4. The lowest BCUT2D eigenvalue weighted by atomic mass is 10.0. The normalized spacial score (nSPS) is 13.6. The minimum Gasteiger partial charge on any atom is -0.493 e. The Bertz CT molecular complexity index is 722. The van der Waals surface area contributed by atoms with Crippen molar-refractivity contribution in [1.29, 1.82) is 0 Å². The summed E-state index contributed by atoms with van der Waals surface area (Å²) < 4.78 is 5.62. The first kappa shape index (κ1) is 16.0. The number of rotatable bonds is 4. The molecule has 122 valence electrons. The van der Waals surface area contributed by atoms with Gasteiger partial charge < -0.3 is 10.1 Å². The summed E-state index contributed by atoms with van der Waals surface area (Å²) in [5, 5.41) is 4.02. The minimum atomic E-state index is -0.0409. The van der Waals surface area contributed by atoms with Gasteiger partial charge in [-0.05, 0) is 37.0 Å². The van der Waals surface area contributed by atoms with Crippen molar-refractivity contribution in [2.75, 3.05) is 6.61 Å². The van der Waals surface area contributed by atoms with Gasteiger partial charge in [0.1, 0.15) is 10.6 Å². The Morgan fingerprint density at radius 3 is 3.00 bits per heavy atom. The van der Waals surface area contributed by atoms with Gasteiger partial charge in [-0.1, -0.05) is 26.0 Å². The SMILES string of the molecule is Cc1nc(C(C)C)sc1C(=O)NCc1ccc2c(c1)CCCO2. The number of hydrogen-bond donors (Lipinski definition) is 1. The van der Waals surface area contributed by atoms with Crippen LogP contribution in [0.2, 0.25) is 0 Å². The van der Waals surface area contributed by atoms with Crippen molar-refractivity contribution in [1.82, 2.24) is 10.3 Å². The topological polar surface area (TPSA) is 51.2 Å². The largest absolute Gasteiger partial charge is 0.493 e. The fourth-order valence-electron chi connectivity index (χ4n) is 2.66. The van der Waals surface area contributed by atoms with Crippen LogP contribution in [0.4, 0.5) is 0 Å². The standard InChI is InChI=1S/C18H22N2O2S/c1-11(2)18-20-12(3)16(23-18)17(21)19-10-13-6-7-15-14(9-13)5-4-8-22-15/h6-7,9,11H,4-5,8,10H2,1-3H3,(H,19,21). The number of hydrogen-bond acceptors (Lipinski definition) is 4. The third-order valence-electron chi connectivity index (χ3n) is 3.94. The molecular weight excluding hydrogens is 308 g/mol. The number of carbonyl (C=O) groups is 1. The summed E-state index contributed by atoms with van der Waals surface area (Å²) in [5.74, 6) is 1.29. The third-order valence-corrected chi connectivity index (χ3v) is 5.40. The fourth-order valence-corrected chi connectivity index (χ4v) is 3.65. The van der Waals surface area contributed by atoms with Crippen molar-refractivity contribution in [2.45, 2.75) is 46.1 Å². The zero-order chi connectivity index (χ0) is 16.4. The number of benzene rings is 1. The lowest BCUT2D eigenvalue weighted by Crippen LogP contribution is -2.22. The smallest absolute Gasteiger partial charge is 0.263 e. The molecule has 1 N–H and O–H groups in total. The molecule has 0 spiro atoms. The molecular formula is C18H22N2O2S. The highest BCUT2D eigenvalue weighted by atomic mass is 32.1. The lowest BCUT2D eigenvalue weighted by Gasteiger charge is -2.18. The van der Waals surface area contributed by atoms with Crippen molar-refractivity contribution >= 4 is 17.2 Å². The van der Waals surface area contributed by atoms with Crippen molar-refractivity contribution in [3.05, 3.63) is 44.9 Å². The number of carbonyl (C=O) groups excluding carboxylic acids is 1.